The van der Waals surface area contributed by atoms with E-state index in [-0.39, 0.29) is 24.2 Å². The molecule has 1 aliphatic rings. The number of hydrogen-bond acceptors (Lipinski definition) is 2. The van der Waals surface area contributed by atoms with Crippen LogP contribution in [-0.2, 0) is 11.2 Å². The first-order valence-electron chi connectivity index (χ1n) is 7.89. The van der Waals surface area contributed by atoms with Crippen LogP contribution in [0.3, 0.4) is 0 Å². The van der Waals surface area contributed by atoms with Gasteiger partial charge in [0.15, 0.2) is 0 Å². The zero-order chi connectivity index (χ0) is 15.2. The molecular formula is C17H26BrClN2O. The van der Waals surface area contributed by atoms with Gasteiger partial charge in [-0.25, -0.2) is 0 Å². The maximum Gasteiger partial charge on any atom is 0.223 e. The van der Waals surface area contributed by atoms with Gasteiger partial charge in [0.25, 0.3) is 0 Å². The number of rotatable bonds is 5. The molecule has 22 heavy (non-hydrogen) atoms. The molecule has 2 rings (SSSR count). The summed E-state index contributed by atoms with van der Waals surface area (Å²) in [5.74, 6) is 0.230. The molecule has 3 N–H and O–H groups in total. The molecule has 1 aromatic rings. The topological polar surface area (TPSA) is 55.1 Å². The molecule has 1 aliphatic carbocycles. The Labute approximate surface area is 148 Å². The van der Waals surface area contributed by atoms with Gasteiger partial charge in [-0.05, 0) is 50.2 Å². The summed E-state index contributed by atoms with van der Waals surface area (Å²) in [7, 11) is 0. The molecule has 1 amide bonds. The van der Waals surface area contributed by atoms with Gasteiger partial charge in [0, 0.05) is 22.5 Å². The summed E-state index contributed by atoms with van der Waals surface area (Å²) >= 11 is 3.56. The summed E-state index contributed by atoms with van der Waals surface area (Å²) in [6.45, 7) is 2.08. The fourth-order valence-electron chi connectivity index (χ4n) is 2.93. The number of nitrogens with two attached hydrogens (primary N) is 1. The first-order chi connectivity index (χ1) is 10.1. The van der Waals surface area contributed by atoms with Crippen LogP contribution in [0.5, 0.6) is 0 Å². The fraction of sp³-hybridized carbons (Fsp3) is 0.588. The molecule has 5 heteroatoms. The Bertz CT molecular complexity index is 475. The third-order valence-electron chi connectivity index (χ3n) is 4.41. The van der Waals surface area contributed by atoms with Crippen LogP contribution >= 0.6 is 28.3 Å². The number of hydrogen-bond donors (Lipinski definition) is 2. The molecule has 1 unspecified atom stereocenters. The van der Waals surface area contributed by atoms with Gasteiger partial charge in [0.05, 0.1) is 0 Å². The number of carbonyl (C=O) groups excluding carboxylic acids is 1. The fourth-order valence-corrected chi connectivity index (χ4v) is 3.38. The molecule has 0 saturated heterocycles. The maximum absolute atomic E-state index is 12.5. The summed E-state index contributed by atoms with van der Waals surface area (Å²) in [5, 5.41) is 3.22. The Morgan fingerprint density at radius 1 is 1.32 bits per heavy atom. The number of carbonyl (C=O) groups is 1. The van der Waals surface area contributed by atoms with Crippen molar-refractivity contribution in [2.75, 3.05) is 0 Å². The highest BCUT2D eigenvalue weighted by molar-refractivity contribution is 9.10. The van der Waals surface area contributed by atoms with Crippen LogP contribution in [0.1, 0.15) is 44.6 Å². The predicted octanol–water partition coefficient (Wildman–Crippen LogP) is 3.83. The molecule has 0 aliphatic heterocycles. The molecular weight excluding hydrogens is 364 g/mol. The van der Waals surface area contributed by atoms with Crippen molar-refractivity contribution in [1.29, 1.82) is 0 Å². The predicted molar refractivity (Wildman–Crippen MR) is 97.2 cm³/mol. The van der Waals surface area contributed by atoms with Crippen molar-refractivity contribution in [3.8, 4) is 0 Å². The highest BCUT2D eigenvalue weighted by Gasteiger charge is 2.24. The number of benzene rings is 1. The van der Waals surface area contributed by atoms with Crippen LogP contribution in [0.4, 0.5) is 0 Å². The lowest BCUT2D eigenvalue weighted by Gasteiger charge is -2.28. The lowest BCUT2D eigenvalue weighted by atomic mass is 9.90. The number of nitrogens with one attached hydrogen (secondary N) is 1. The van der Waals surface area contributed by atoms with Crippen molar-refractivity contribution in [3.63, 3.8) is 0 Å². The normalized spacial score (nSPS) is 22.5. The molecule has 0 aromatic heterocycles. The Hall–Kier alpha value is -0.580. The van der Waals surface area contributed by atoms with E-state index in [1.165, 1.54) is 5.56 Å². The van der Waals surface area contributed by atoms with E-state index in [0.717, 1.165) is 43.0 Å². The molecule has 124 valence electrons. The average Bonchev–Trinajstić information content (AvgIpc) is 2.48. The van der Waals surface area contributed by atoms with Gasteiger partial charge in [-0.15, -0.1) is 12.4 Å². The zero-order valence-corrected chi connectivity index (χ0v) is 15.5. The van der Waals surface area contributed by atoms with E-state index in [2.05, 4.69) is 34.2 Å². The minimum absolute atomic E-state index is 0. The first-order valence-corrected chi connectivity index (χ1v) is 8.68. The Morgan fingerprint density at radius 3 is 2.55 bits per heavy atom. The van der Waals surface area contributed by atoms with Crippen LogP contribution in [0.25, 0.3) is 0 Å². The summed E-state index contributed by atoms with van der Waals surface area (Å²) < 4.78 is 1.08. The highest BCUT2D eigenvalue weighted by Crippen LogP contribution is 2.22. The van der Waals surface area contributed by atoms with E-state index in [1.54, 1.807) is 0 Å². The summed E-state index contributed by atoms with van der Waals surface area (Å²) in [5.41, 5.74) is 7.11. The van der Waals surface area contributed by atoms with E-state index >= 15 is 0 Å². The van der Waals surface area contributed by atoms with E-state index in [1.807, 2.05) is 18.2 Å². The quantitative estimate of drug-likeness (QED) is 0.804. The minimum Gasteiger partial charge on any atom is -0.353 e. The second-order valence-electron chi connectivity index (χ2n) is 6.02. The lowest BCUT2D eigenvalue weighted by Crippen LogP contribution is -2.43. The number of halogens is 2. The van der Waals surface area contributed by atoms with Crippen molar-refractivity contribution in [3.05, 3.63) is 34.3 Å². The van der Waals surface area contributed by atoms with Crippen molar-refractivity contribution in [2.45, 2.75) is 57.5 Å². The van der Waals surface area contributed by atoms with Gasteiger partial charge < -0.3 is 11.1 Å². The largest absolute Gasteiger partial charge is 0.353 e. The van der Waals surface area contributed by atoms with E-state index < -0.39 is 0 Å². The molecule has 1 atom stereocenters. The van der Waals surface area contributed by atoms with E-state index in [9.17, 15) is 4.79 Å². The van der Waals surface area contributed by atoms with Gasteiger partial charge in [-0.1, -0.05) is 41.1 Å². The van der Waals surface area contributed by atoms with Crippen molar-refractivity contribution < 1.29 is 4.79 Å². The Kier molecular flexibility index (Phi) is 8.44. The third kappa shape index (κ3) is 5.56. The molecule has 3 nitrogen and oxygen atoms in total. The van der Waals surface area contributed by atoms with Gasteiger partial charge in [-0.2, -0.15) is 0 Å². The monoisotopic (exact) mass is 388 g/mol. The van der Waals surface area contributed by atoms with Crippen LogP contribution < -0.4 is 11.1 Å². The maximum atomic E-state index is 12.5. The Morgan fingerprint density at radius 2 is 1.95 bits per heavy atom. The molecule has 1 saturated carbocycles. The van der Waals surface area contributed by atoms with Crippen molar-refractivity contribution in [1.82, 2.24) is 5.32 Å². The van der Waals surface area contributed by atoms with Gasteiger partial charge in [0.2, 0.25) is 5.91 Å². The van der Waals surface area contributed by atoms with Gasteiger partial charge in [0.1, 0.15) is 0 Å². The molecule has 0 radical (unpaired) electrons. The first kappa shape index (κ1) is 19.5. The van der Waals surface area contributed by atoms with Gasteiger partial charge >= 0.3 is 0 Å². The average molecular weight is 390 g/mol. The summed E-state index contributed by atoms with van der Waals surface area (Å²) in [6, 6.07) is 8.76. The summed E-state index contributed by atoms with van der Waals surface area (Å²) in [4.78, 5) is 12.5. The number of amides is 1. The zero-order valence-electron chi connectivity index (χ0n) is 13.1. The van der Waals surface area contributed by atoms with E-state index in [0.29, 0.717) is 12.1 Å². The van der Waals surface area contributed by atoms with Crippen LogP contribution in [0.2, 0.25) is 0 Å². The highest BCUT2D eigenvalue weighted by atomic mass is 79.9. The smallest absolute Gasteiger partial charge is 0.223 e. The molecule has 0 bridgehead atoms. The van der Waals surface area contributed by atoms with Crippen LogP contribution in [0.15, 0.2) is 28.7 Å². The molecule has 0 heterocycles. The Balaban J connectivity index is 0.00000242. The molecule has 1 aromatic carbocycles. The minimum atomic E-state index is 0. The SMILES string of the molecule is CCC(Cc1ccccc1Br)C(=O)NC1CCC(N)CC1.Cl. The molecule has 1 fully saturated rings. The standard InChI is InChI=1S/C17H25BrN2O.ClH/c1-2-12(11-13-5-3-4-6-16(13)18)17(21)20-15-9-7-14(19)8-10-15;/h3-6,12,14-15H,2,7-11,19H2,1H3,(H,20,21);1H. The van der Waals surface area contributed by atoms with Gasteiger partial charge in [-0.3, -0.25) is 4.79 Å². The third-order valence-corrected chi connectivity index (χ3v) is 5.18. The van der Waals surface area contributed by atoms with Crippen molar-refractivity contribution in [2.24, 2.45) is 11.7 Å². The van der Waals surface area contributed by atoms with Crippen LogP contribution in [0, 0.1) is 5.92 Å². The lowest BCUT2D eigenvalue weighted by molar-refractivity contribution is -0.126. The van der Waals surface area contributed by atoms with E-state index in [4.69, 9.17) is 5.73 Å². The molecule has 0 spiro atoms. The second-order valence-corrected chi connectivity index (χ2v) is 6.88. The van der Waals surface area contributed by atoms with Crippen molar-refractivity contribution >= 4 is 34.2 Å². The van der Waals surface area contributed by atoms with Crippen LogP contribution in [-0.4, -0.2) is 18.0 Å². The summed E-state index contributed by atoms with van der Waals surface area (Å²) in [6.07, 6.45) is 5.71. The second kappa shape index (κ2) is 9.53.